The fourth-order valence-corrected chi connectivity index (χ4v) is 7.00. The Kier molecular flexibility index (Phi) is 6.42. The summed E-state index contributed by atoms with van der Waals surface area (Å²) in [5, 5.41) is 0. The normalized spacial score (nSPS) is 29.2. The molecule has 1 saturated carbocycles. The highest BCUT2D eigenvalue weighted by molar-refractivity contribution is 5.79. The summed E-state index contributed by atoms with van der Waals surface area (Å²) in [6.45, 7) is 7.09. The Bertz CT molecular complexity index is 857. The van der Waals surface area contributed by atoms with Crippen LogP contribution in [-0.2, 0) is 10.2 Å². The number of fused-ring (bicyclic) bond motifs is 4. The van der Waals surface area contributed by atoms with Gasteiger partial charge in [0.05, 0.1) is 0 Å². The number of anilines is 1. The van der Waals surface area contributed by atoms with E-state index in [2.05, 4.69) is 22.0 Å². The first-order chi connectivity index (χ1) is 15.5. The van der Waals surface area contributed by atoms with Gasteiger partial charge < -0.3 is 9.80 Å². The summed E-state index contributed by atoms with van der Waals surface area (Å²) in [6.07, 6.45) is 15.2. The maximum Gasteiger partial charge on any atom is 0.134 e. The van der Waals surface area contributed by atoms with Crippen LogP contribution in [0, 0.1) is 23.6 Å². The molecule has 2 bridgehead atoms. The first-order valence-corrected chi connectivity index (χ1v) is 13.0. The molecule has 3 atom stereocenters. The predicted octanol–water partition coefficient (Wildman–Crippen LogP) is 5.73. The van der Waals surface area contributed by atoms with Gasteiger partial charge in [0.25, 0.3) is 0 Å². The van der Waals surface area contributed by atoms with Crippen molar-refractivity contribution in [3.05, 3.63) is 41.7 Å². The highest BCUT2D eigenvalue weighted by Crippen LogP contribution is 2.47. The SMILES string of the molecule is CCC(=O)CCN1CC2(CCN(C[C@@H]3CC[C@H]4CC=CC(C4)C3)CC2)c2cc(F)ccc21. The van der Waals surface area contributed by atoms with E-state index in [1.807, 2.05) is 13.0 Å². The van der Waals surface area contributed by atoms with Crippen molar-refractivity contribution in [1.29, 1.82) is 0 Å². The van der Waals surface area contributed by atoms with Gasteiger partial charge in [-0.1, -0.05) is 19.1 Å². The van der Waals surface area contributed by atoms with Crippen LogP contribution in [0.1, 0.15) is 70.3 Å². The van der Waals surface area contributed by atoms with Gasteiger partial charge in [-0.3, -0.25) is 4.79 Å². The van der Waals surface area contributed by atoms with Crippen molar-refractivity contribution >= 4 is 11.5 Å². The molecule has 0 aromatic heterocycles. The number of hydrogen-bond donors (Lipinski definition) is 0. The summed E-state index contributed by atoms with van der Waals surface area (Å²) >= 11 is 0. The van der Waals surface area contributed by atoms with Crippen molar-refractivity contribution in [2.24, 2.45) is 17.8 Å². The van der Waals surface area contributed by atoms with Gasteiger partial charge >= 0.3 is 0 Å². The van der Waals surface area contributed by atoms with E-state index in [0.29, 0.717) is 18.6 Å². The minimum atomic E-state index is -0.130. The molecule has 2 heterocycles. The summed E-state index contributed by atoms with van der Waals surface area (Å²) in [7, 11) is 0. The lowest BCUT2D eigenvalue weighted by atomic mass is 9.74. The molecule has 1 saturated heterocycles. The van der Waals surface area contributed by atoms with E-state index in [1.165, 1.54) is 44.2 Å². The molecule has 4 aliphatic rings. The maximum atomic E-state index is 14.2. The molecule has 4 heteroatoms. The molecule has 1 aromatic carbocycles. The number of carbonyl (C=O) groups excluding carboxylic acids is 1. The van der Waals surface area contributed by atoms with Crippen LogP contribution in [0.2, 0.25) is 0 Å². The van der Waals surface area contributed by atoms with Gasteiger partial charge in [-0.15, -0.1) is 0 Å². The Morgan fingerprint density at radius 3 is 2.84 bits per heavy atom. The van der Waals surface area contributed by atoms with Crippen molar-refractivity contribution in [1.82, 2.24) is 4.90 Å². The molecule has 5 rings (SSSR count). The van der Waals surface area contributed by atoms with Crippen LogP contribution in [0.3, 0.4) is 0 Å². The molecule has 174 valence electrons. The first kappa shape index (κ1) is 22.1. The monoisotopic (exact) mass is 438 g/mol. The van der Waals surface area contributed by atoms with Crippen LogP contribution in [0.4, 0.5) is 10.1 Å². The standard InChI is InChI=1S/C28H39FN2O/c1-2-25(32)10-13-31-20-28(26-18-24(29)8-9-27(26)31)11-14-30(15-12-28)19-23-7-6-21-4-3-5-22(16-21)17-23/h3,5,8-9,18,21-23H,2,4,6-7,10-17,19-20H2,1H3/t21-,22?,23-/m1/s1. The average molecular weight is 439 g/mol. The number of rotatable bonds is 6. The number of hydrogen-bond acceptors (Lipinski definition) is 3. The average Bonchev–Trinajstić information content (AvgIpc) is 3.01. The molecule has 1 unspecified atom stereocenters. The zero-order valence-corrected chi connectivity index (χ0v) is 19.7. The van der Waals surface area contributed by atoms with E-state index in [9.17, 15) is 9.18 Å². The molecule has 3 nitrogen and oxygen atoms in total. The van der Waals surface area contributed by atoms with E-state index in [0.717, 1.165) is 62.5 Å². The van der Waals surface area contributed by atoms with Gasteiger partial charge in [0.1, 0.15) is 11.6 Å². The van der Waals surface area contributed by atoms with E-state index >= 15 is 0 Å². The second-order valence-corrected chi connectivity index (χ2v) is 11.0. The van der Waals surface area contributed by atoms with Gasteiger partial charge in [-0.2, -0.15) is 0 Å². The number of nitrogens with zero attached hydrogens (tertiary/aromatic N) is 2. The Morgan fingerprint density at radius 2 is 2.03 bits per heavy atom. The first-order valence-electron chi connectivity index (χ1n) is 13.0. The number of piperidine rings is 1. The predicted molar refractivity (Wildman–Crippen MR) is 129 cm³/mol. The topological polar surface area (TPSA) is 23.6 Å². The summed E-state index contributed by atoms with van der Waals surface area (Å²) in [6, 6.07) is 5.31. The van der Waals surface area contributed by atoms with Gasteiger partial charge in [0.15, 0.2) is 0 Å². The molecule has 2 fully saturated rings. The van der Waals surface area contributed by atoms with Gasteiger partial charge in [0.2, 0.25) is 0 Å². The second kappa shape index (κ2) is 9.29. The smallest absolute Gasteiger partial charge is 0.134 e. The Hall–Kier alpha value is -1.68. The molecule has 1 spiro atoms. The van der Waals surface area contributed by atoms with Crippen molar-refractivity contribution in [3.63, 3.8) is 0 Å². The molecule has 0 radical (unpaired) electrons. The maximum absolute atomic E-state index is 14.2. The highest BCUT2D eigenvalue weighted by Gasteiger charge is 2.45. The molecule has 2 aliphatic heterocycles. The number of likely N-dealkylation sites (tertiary alicyclic amines) is 1. The van der Waals surface area contributed by atoms with Gasteiger partial charge in [-0.05, 0) is 99.6 Å². The van der Waals surface area contributed by atoms with Crippen LogP contribution < -0.4 is 4.90 Å². The lowest BCUT2D eigenvalue weighted by molar-refractivity contribution is -0.118. The van der Waals surface area contributed by atoms with Crippen molar-refractivity contribution in [2.75, 3.05) is 37.6 Å². The van der Waals surface area contributed by atoms with E-state index in [1.54, 1.807) is 12.1 Å². The Labute approximate surface area is 193 Å². The number of halogens is 1. The van der Waals surface area contributed by atoms with Crippen molar-refractivity contribution in [2.45, 2.75) is 70.1 Å². The number of carbonyl (C=O) groups is 1. The summed E-state index contributed by atoms with van der Waals surface area (Å²) in [5.41, 5.74) is 2.40. The summed E-state index contributed by atoms with van der Waals surface area (Å²) in [5.74, 6) is 2.74. The molecule has 0 amide bonds. The van der Waals surface area contributed by atoms with Crippen LogP contribution in [-0.4, -0.2) is 43.4 Å². The third-order valence-corrected chi connectivity index (χ3v) is 8.88. The van der Waals surface area contributed by atoms with E-state index in [4.69, 9.17) is 0 Å². The lowest BCUT2D eigenvalue weighted by Crippen LogP contribution is -2.46. The van der Waals surface area contributed by atoms with Gasteiger partial charge in [0, 0.05) is 43.6 Å². The zero-order chi connectivity index (χ0) is 22.1. The second-order valence-electron chi connectivity index (χ2n) is 11.0. The van der Waals surface area contributed by atoms with Crippen LogP contribution >= 0.6 is 0 Å². The molecule has 0 N–H and O–H groups in total. The largest absolute Gasteiger partial charge is 0.370 e. The van der Waals surface area contributed by atoms with Crippen molar-refractivity contribution < 1.29 is 9.18 Å². The fourth-order valence-electron chi connectivity index (χ4n) is 7.00. The Morgan fingerprint density at radius 1 is 1.19 bits per heavy atom. The zero-order valence-electron chi connectivity index (χ0n) is 19.7. The third kappa shape index (κ3) is 4.53. The van der Waals surface area contributed by atoms with E-state index in [-0.39, 0.29) is 11.2 Å². The Balaban J connectivity index is 1.23. The molecule has 1 aromatic rings. The minimum absolute atomic E-state index is 0.0476. The van der Waals surface area contributed by atoms with Crippen LogP contribution in [0.25, 0.3) is 0 Å². The van der Waals surface area contributed by atoms with Crippen LogP contribution in [0.15, 0.2) is 30.4 Å². The quantitative estimate of drug-likeness (QED) is 0.530. The number of Topliss-reactive ketones (excluding diaryl/α,β-unsaturated/α-hetero) is 1. The van der Waals surface area contributed by atoms with E-state index < -0.39 is 0 Å². The third-order valence-electron chi connectivity index (χ3n) is 8.88. The van der Waals surface area contributed by atoms with Crippen molar-refractivity contribution in [3.8, 4) is 0 Å². The lowest BCUT2D eigenvalue weighted by Gasteiger charge is -2.41. The molecule has 32 heavy (non-hydrogen) atoms. The molecular formula is C28H39FN2O. The summed E-state index contributed by atoms with van der Waals surface area (Å²) < 4.78 is 14.2. The molecule has 2 aliphatic carbocycles. The number of ketones is 1. The van der Waals surface area contributed by atoms with Crippen LogP contribution in [0.5, 0.6) is 0 Å². The number of benzene rings is 1. The summed E-state index contributed by atoms with van der Waals surface area (Å²) in [4.78, 5) is 17.0. The van der Waals surface area contributed by atoms with Gasteiger partial charge in [-0.25, -0.2) is 4.39 Å². The molecular weight excluding hydrogens is 399 g/mol. The number of allylic oxidation sites excluding steroid dienone is 2. The fraction of sp³-hybridized carbons (Fsp3) is 0.679. The highest BCUT2D eigenvalue weighted by atomic mass is 19.1. The minimum Gasteiger partial charge on any atom is -0.370 e.